The molecule has 0 unspecified atom stereocenters. The molecule has 25 heavy (non-hydrogen) atoms. The van der Waals surface area contributed by atoms with Crippen LogP contribution < -0.4 is 4.74 Å². The van der Waals surface area contributed by atoms with E-state index in [1.807, 2.05) is 31.2 Å². The van der Waals surface area contributed by atoms with Crippen LogP contribution in [0.4, 0.5) is 0 Å². The van der Waals surface area contributed by atoms with Crippen molar-refractivity contribution in [2.24, 2.45) is 0 Å². The van der Waals surface area contributed by atoms with E-state index in [0.717, 1.165) is 43.5 Å². The number of likely N-dealkylation sites (tertiary alicyclic amines) is 1. The van der Waals surface area contributed by atoms with Crippen LogP contribution in [0.5, 0.6) is 5.75 Å². The van der Waals surface area contributed by atoms with Crippen LogP contribution in [-0.4, -0.2) is 39.8 Å². The summed E-state index contributed by atoms with van der Waals surface area (Å²) in [6.45, 7) is 5.50. The Morgan fingerprint density at radius 2 is 2.12 bits per heavy atom. The summed E-state index contributed by atoms with van der Waals surface area (Å²) in [5.41, 5.74) is -0.0522. The standard InChI is InChI=1S/C19H27N3O3/c1-4-6-18-20-17(21-25-18)13-22-12-5-7-16(22)19(2,23)14-8-10-15(24-3)11-9-14/h8-11,16,23H,4-7,12-13H2,1-3H3/t16-,19-/m1/s1. The first-order valence-corrected chi connectivity index (χ1v) is 8.97. The molecule has 1 N–H and O–H groups in total. The number of aliphatic hydroxyl groups is 1. The largest absolute Gasteiger partial charge is 0.497 e. The quantitative estimate of drug-likeness (QED) is 0.832. The summed E-state index contributed by atoms with van der Waals surface area (Å²) < 4.78 is 10.5. The lowest BCUT2D eigenvalue weighted by atomic mass is 9.86. The lowest BCUT2D eigenvalue weighted by molar-refractivity contribution is -0.0262. The highest BCUT2D eigenvalue weighted by atomic mass is 16.5. The molecule has 0 aliphatic carbocycles. The second-order valence-corrected chi connectivity index (χ2v) is 6.86. The summed E-state index contributed by atoms with van der Waals surface area (Å²) >= 11 is 0. The summed E-state index contributed by atoms with van der Waals surface area (Å²) in [5.74, 6) is 2.18. The fourth-order valence-electron chi connectivity index (χ4n) is 3.62. The number of ether oxygens (including phenoxy) is 1. The Balaban J connectivity index is 1.74. The molecule has 1 aromatic heterocycles. The summed E-state index contributed by atoms with van der Waals surface area (Å²) in [7, 11) is 1.64. The van der Waals surface area contributed by atoms with Gasteiger partial charge in [-0.15, -0.1) is 0 Å². The van der Waals surface area contributed by atoms with Crippen molar-refractivity contribution in [1.29, 1.82) is 0 Å². The zero-order chi connectivity index (χ0) is 17.9. The summed E-state index contributed by atoms with van der Waals surface area (Å²) in [4.78, 5) is 6.71. The molecule has 0 saturated carbocycles. The molecule has 0 amide bonds. The van der Waals surface area contributed by atoms with Crippen LogP contribution in [0, 0.1) is 0 Å². The number of aryl methyl sites for hydroxylation is 1. The molecule has 2 atom stereocenters. The van der Waals surface area contributed by atoms with Crippen molar-refractivity contribution in [3.63, 3.8) is 0 Å². The van der Waals surface area contributed by atoms with Gasteiger partial charge < -0.3 is 14.4 Å². The van der Waals surface area contributed by atoms with E-state index in [2.05, 4.69) is 22.0 Å². The van der Waals surface area contributed by atoms with E-state index in [0.29, 0.717) is 18.3 Å². The molecule has 136 valence electrons. The molecule has 2 heterocycles. The fraction of sp³-hybridized carbons (Fsp3) is 0.579. The molecule has 1 aromatic carbocycles. The molecule has 1 aliphatic heterocycles. The van der Waals surface area contributed by atoms with Crippen LogP contribution in [0.2, 0.25) is 0 Å². The minimum atomic E-state index is -0.946. The number of aromatic nitrogens is 2. The van der Waals surface area contributed by atoms with Gasteiger partial charge in [-0.3, -0.25) is 4.90 Å². The summed E-state index contributed by atoms with van der Waals surface area (Å²) in [6, 6.07) is 7.67. The van der Waals surface area contributed by atoms with Crippen molar-refractivity contribution >= 4 is 0 Å². The van der Waals surface area contributed by atoms with Crippen LogP contribution in [0.1, 0.15) is 50.4 Å². The smallest absolute Gasteiger partial charge is 0.226 e. The van der Waals surface area contributed by atoms with Gasteiger partial charge in [0.25, 0.3) is 0 Å². The van der Waals surface area contributed by atoms with Gasteiger partial charge in [0.2, 0.25) is 5.89 Å². The van der Waals surface area contributed by atoms with E-state index in [1.54, 1.807) is 7.11 Å². The van der Waals surface area contributed by atoms with Crippen LogP contribution >= 0.6 is 0 Å². The maximum atomic E-state index is 11.2. The molecule has 1 saturated heterocycles. The van der Waals surface area contributed by atoms with Gasteiger partial charge in [0.1, 0.15) is 11.4 Å². The number of hydrogen-bond donors (Lipinski definition) is 1. The van der Waals surface area contributed by atoms with E-state index < -0.39 is 5.60 Å². The number of nitrogens with zero attached hydrogens (tertiary/aromatic N) is 3. The number of hydrogen-bond acceptors (Lipinski definition) is 6. The van der Waals surface area contributed by atoms with Crippen LogP contribution in [0.25, 0.3) is 0 Å². The highest BCUT2D eigenvalue weighted by Crippen LogP contribution is 2.35. The van der Waals surface area contributed by atoms with Gasteiger partial charge in [-0.1, -0.05) is 24.2 Å². The number of rotatable bonds is 7. The van der Waals surface area contributed by atoms with Crippen molar-refractivity contribution in [2.75, 3.05) is 13.7 Å². The summed E-state index contributed by atoms with van der Waals surface area (Å²) in [6.07, 6.45) is 3.79. The van der Waals surface area contributed by atoms with Crippen LogP contribution in [0.15, 0.2) is 28.8 Å². The molecule has 0 bridgehead atoms. The van der Waals surface area contributed by atoms with Gasteiger partial charge in [0.05, 0.1) is 13.7 Å². The van der Waals surface area contributed by atoms with Gasteiger partial charge in [0.15, 0.2) is 5.82 Å². The minimum Gasteiger partial charge on any atom is -0.497 e. The van der Waals surface area contributed by atoms with Crippen molar-refractivity contribution < 1.29 is 14.4 Å². The van der Waals surface area contributed by atoms with Crippen molar-refractivity contribution in [3.05, 3.63) is 41.5 Å². The molecule has 0 spiro atoms. The average molecular weight is 345 g/mol. The topological polar surface area (TPSA) is 71.6 Å². The zero-order valence-electron chi connectivity index (χ0n) is 15.2. The molecular formula is C19H27N3O3. The maximum absolute atomic E-state index is 11.2. The van der Waals surface area contributed by atoms with Crippen molar-refractivity contribution in [1.82, 2.24) is 15.0 Å². The monoisotopic (exact) mass is 345 g/mol. The number of benzene rings is 1. The normalized spacial score (nSPS) is 20.6. The van der Waals surface area contributed by atoms with E-state index in [9.17, 15) is 5.11 Å². The predicted molar refractivity (Wildman–Crippen MR) is 94.3 cm³/mol. The van der Waals surface area contributed by atoms with E-state index in [4.69, 9.17) is 9.26 Å². The van der Waals surface area contributed by atoms with Crippen LogP contribution in [-0.2, 0) is 18.6 Å². The Morgan fingerprint density at radius 1 is 1.36 bits per heavy atom. The van der Waals surface area contributed by atoms with Gasteiger partial charge in [-0.05, 0) is 50.4 Å². The van der Waals surface area contributed by atoms with Gasteiger partial charge in [-0.25, -0.2) is 0 Å². The molecular weight excluding hydrogens is 318 g/mol. The second-order valence-electron chi connectivity index (χ2n) is 6.86. The Morgan fingerprint density at radius 3 is 2.80 bits per heavy atom. The lowest BCUT2D eigenvalue weighted by Crippen LogP contribution is -2.45. The Labute approximate surface area is 148 Å². The van der Waals surface area contributed by atoms with Gasteiger partial charge >= 0.3 is 0 Å². The molecule has 1 fully saturated rings. The third-order valence-electron chi connectivity index (χ3n) is 5.01. The first-order chi connectivity index (χ1) is 12.0. The van der Waals surface area contributed by atoms with Gasteiger partial charge in [-0.2, -0.15) is 4.98 Å². The Kier molecular flexibility index (Phi) is 5.39. The first kappa shape index (κ1) is 17.9. The SMILES string of the molecule is CCCc1nc(CN2CCC[C@@H]2[C@](C)(O)c2ccc(OC)cc2)no1. The molecule has 6 heteroatoms. The third kappa shape index (κ3) is 3.85. The fourth-order valence-corrected chi connectivity index (χ4v) is 3.62. The minimum absolute atomic E-state index is 0.0222. The molecule has 1 aliphatic rings. The van der Waals surface area contributed by atoms with E-state index >= 15 is 0 Å². The molecule has 2 aromatic rings. The highest BCUT2D eigenvalue weighted by molar-refractivity contribution is 5.31. The first-order valence-electron chi connectivity index (χ1n) is 8.97. The van der Waals surface area contributed by atoms with Crippen LogP contribution in [0.3, 0.4) is 0 Å². The van der Waals surface area contributed by atoms with Gasteiger partial charge in [0, 0.05) is 12.5 Å². The Hall–Kier alpha value is -1.92. The summed E-state index contributed by atoms with van der Waals surface area (Å²) in [5, 5.41) is 15.3. The molecule has 3 rings (SSSR count). The van der Waals surface area contributed by atoms with E-state index in [-0.39, 0.29) is 6.04 Å². The maximum Gasteiger partial charge on any atom is 0.226 e. The number of methoxy groups -OCH3 is 1. The average Bonchev–Trinajstić information content (AvgIpc) is 3.25. The van der Waals surface area contributed by atoms with E-state index in [1.165, 1.54) is 0 Å². The van der Waals surface area contributed by atoms with Crippen molar-refractivity contribution in [3.8, 4) is 5.75 Å². The second kappa shape index (κ2) is 7.54. The molecule has 6 nitrogen and oxygen atoms in total. The Bertz CT molecular complexity index is 681. The zero-order valence-corrected chi connectivity index (χ0v) is 15.2. The molecule has 0 radical (unpaired) electrons. The lowest BCUT2D eigenvalue weighted by Gasteiger charge is -2.36. The highest BCUT2D eigenvalue weighted by Gasteiger charge is 2.40. The third-order valence-corrected chi connectivity index (χ3v) is 5.01. The predicted octanol–water partition coefficient (Wildman–Crippen LogP) is 2.90. The van der Waals surface area contributed by atoms with Crippen molar-refractivity contribution in [2.45, 2.75) is 57.7 Å².